The lowest BCUT2D eigenvalue weighted by Gasteiger charge is -2.32. The molecule has 4 N–H and O–H groups in total. The van der Waals surface area contributed by atoms with Crippen LogP contribution in [0.15, 0.2) is 41.5 Å². The molecule has 1 saturated heterocycles. The topological polar surface area (TPSA) is 95.6 Å². The number of amides is 1. The van der Waals surface area contributed by atoms with E-state index in [4.69, 9.17) is 5.73 Å². The molecule has 1 fully saturated rings. The van der Waals surface area contributed by atoms with Crippen LogP contribution in [0.1, 0.15) is 30.9 Å². The first kappa shape index (κ1) is 25.8. The minimum absolute atomic E-state index is 0. The van der Waals surface area contributed by atoms with Crippen LogP contribution in [0.3, 0.4) is 0 Å². The Hall–Kier alpha value is -2.50. The summed E-state index contributed by atoms with van der Waals surface area (Å²) < 4.78 is 27.3. The van der Waals surface area contributed by atoms with E-state index in [0.29, 0.717) is 45.0 Å². The number of hydrogen-bond donors (Lipinski definition) is 3. The molecular formula is C22H29F2IN6O. The molecule has 7 nitrogen and oxygen atoms in total. The third-order valence-corrected chi connectivity index (χ3v) is 5.27. The summed E-state index contributed by atoms with van der Waals surface area (Å²) >= 11 is 0. The van der Waals surface area contributed by atoms with Gasteiger partial charge in [0.25, 0.3) is 0 Å². The Morgan fingerprint density at radius 2 is 1.97 bits per heavy atom. The van der Waals surface area contributed by atoms with Gasteiger partial charge in [0.2, 0.25) is 5.91 Å². The molecule has 0 aliphatic carbocycles. The molecule has 1 aliphatic heterocycles. The highest BCUT2D eigenvalue weighted by Crippen LogP contribution is 2.24. The number of carbonyl (C=O) groups excluding carboxylic acids is 1. The third-order valence-electron chi connectivity index (χ3n) is 5.27. The predicted molar refractivity (Wildman–Crippen MR) is 132 cm³/mol. The number of carbonyl (C=O) groups is 1. The van der Waals surface area contributed by atoms with Crippen molar-refractivity contribution in [2.75, 3.05) is 24.5 Å². The highest BCUT2D eigenvalue weighted by Gasteiger charge is 2.24. The number of pyridine rings is 1. The molecule has 0 radical (unpaired) electrons. The minimum Gasteiger partial charge on any atom is -0.369 e. The van der Waals surface area contributed by atoms with Gasteiger partial charge in [0, 0.05) is 49.4 Å². The summed E-state index contributed by atoms with van der Waals surface area (Å²) in [4.78, 5) is 22.5. The third kappa shape index (κ3) is 7.01. The second-order valence-electron chi connectivity index (χ2n) is 7.43. The van der Waals surface area contributed by atoms with Crippen LogP contribution in [0.2, 0.25) is 0 Å². The zero-order valence-electron chi connectivity index (χ0n) is 18.0. The van der Waals surface area contributed by atoms with Crippen molar-refractivity contribution in [2.24, 2.45) is 16.6 Å². The molecule has 2 heterocycles. The van der Waals surface area contributed by atoms with Crippen LogP contribution in [0.5, 0.6) is 0 Å². The molecule has 1 amide bonds. The number of nitrogens with two attached hydrogens (primary N) is 1. The van der Waals surface area contributed by atoms with Crippen LogP contribution in [0.25, 0.3) is 0 Å². The molecule has 0 spiro atoms. The Bertz CT molecular complexity index is 934. The normalized spacial score (nSPS) is 14.6. The van der Waals surface area contributed by atoms with E-state index in [1.165, 1.54) is 0 Å². The maximum atomic E-state index is 13.9. The van der Waals surface area contributed by atoms with E-state index in [2.05, 4.69) is 25.5 Å². The Kier molecular flexibility index (Phi) is 10.1. The summed E-state index contributed by atoms with van der Waals surface area (Å²) in [5.74, 6) is 0.0268. The summed E-state index contributed by atoms with van der Waals surface area (Å²) in [7, 11) is 0. The number of piperidine rings is 1. The first-order valence-electron chi connectivity index (χ1n) is 10.4. The highest BCUT2D eigenvalue weighted by atomic mass is 127. The second kappa shape index (κ2) is 12.5. The van der Waals surface area contributed by atoms with Gasteiger partial charge in [0.1, 0.15) is 17.5 Å². The van der Waals surface area contributed by atoms with Crippen molar-refractivity contribution < 1.29 is 13.6 Å². The number of nitrogens with zero attached hydrogens (tertiary/aromatic N) is 3. The van der Waals surface area contributed by atoms with E-state index in [1.807, 2.05) is 19.1 Å². The molecule has 3 rings (SSSR count). The quantitative estimate of drug-likeness (QED) is 0.276. The number of nitrogens with one attached hydrogen (secondary N) is 2. The molecule has 0 atom stereocenters. The number of guanidine groups is 1. The van der Waals surface area contributed by atoms with Crippen LogP contribution in [-0.2, 0) is 17.9 Å². The Morgan fingerprint density at radius 3 is 2.66 bits per heavy atom. The molecule has 0 unspecified atom stereocenters. The number of aromatic nitrogens is 1. The predicted octanol–water partition coefficient (Wildman–Crippen LogP) is 2.93. The van der Waals surface area contributed by atoms with E-state index in [1.54, 1.807) is 6.20 Å². The van der Waals surface area contributed by atoms with Gasteiger partial charge in [0.05, 0.1) is 6.54 Å². The fraction of sp³-hybridized carbons (Fsp3) is 0.409. The minimum atomic E-state index is -0.496. The van der Waals surface area contributed by atoms with E-state index in [0.717, 1.165) is 29.6 Å². The van der Waals surface area contributed by atoms with Gasteiger partial charge in [-0.3, -0.25) is 4.79 Å². The maximum Gasteiger partial charge on any atom is 0.220 e. The largest absolute Gasteiger partial charge is 0.369 e. The number of hydrogen-bond acceptors (Lipinski definition) is 4. The Labute approximate surface area is 203 Å². The lowest BCUT2D eigenvalue weighted by molar-refractivity contribution is -0.122. The SMILES string of the molecule is CCNC(=NCc1cc(F)ccc1F)NCc1cccnc1N1CCC(C(N)=O)CC1.I. The fourth-order valence-corrected chi connectivity index (χ4v) is 3.58. The fourth-order valence-electron chi connectivity index (χ4n) is 3.58. The van der Waals surface area contributed by atoms with Crippen molar-refractivity contribution in [3.8, 4) is 0 Å². The smallest absolute Gasteiger partial charge is 0.220 e. The van der Waals surface area contributed by atoms with Crippen LogP contribution in [0.4, 0.5) is 14.6 Å². The van der Waals surface area contributed by atoms with Crippen molar-refractivity contribution in [1.29, 1.82) is 0 Å². The summed E-state index contributed by atoms with van der Waals surface area (Å²) in [6.07, 6.45) is 3.16. The van der Waals surface area contributed by atoms with Gasteiger partial charge in [-0.15, -0.1) is 24.0 Å². The number of anilines is 1. The summed E-state index contributed by atoms with van der Waals surface area (Å²) in [5, 5.41) is 6.34. The molecular weight excluding hydrogens is 529 g/mol. The molecule has 10 heteroatoms. The number of aliphatic imine (C=N–C) groups is 1. The molecule has 0 bridgehead atoms. The summed E-state index contributed by atoms with van der Waals surface area (Å²) in [6, 6.07) is 7.18. The summed E-state index contributed by atoms with van der Waals surface area (Å²) in [5.41, 5.74) is 6.60. The van der Waals surface area contributed by atoms with Crippen molar-refractivity contribution in [1.82, 2.24) is 15.6 Å². The molecule has 1 aromatic heterocycles. The number of rotatable bonds is 7. The molecule has 1 aliphatic rings. The van der Waals surface area contributed by atoms with Gasteiger partial charge >= 0.3 is 0 Å². The van der Waals surface area contributed by atoms with Crippen LogP contribution in [0, 0.1) is 17.6 Å². The summed E-state index contributed by atoms with van der Waals surface area (Å²) in [6.45, 7) is 4.45. The van der Waals surface area contributed by atoms with E-state index in [9.17, 15) is 13.6 Å². The first-order valence-corrected chi connectivity index (χ1v) is 10.4. The van der Waals surface area contributed by atoms with Crippen LogP contribution in [-0.4, -0.2) is 36.5 Å². The van der Waals surface area contributed by atoms with Crippen LogP contribution >= 0.6 is 24.0 Å². The average molecular weight is 558 g/mol. The average Bonchev–Trinajstić information content (AvgIpc) is 2.78. The van der Waals surface area contributed by atoms with Gasteiger partial charge in [-0.2, -0.15) is 0 Å². The van der Waals surface area contributed by atoms with Crippen molar-refractivity contribution >= 4 is 41.7 Å². The van der Waals surface area contributed by atoms with Gasteiger partial charge in [-0.1, -0.05) is 6.07 Å². The van der Waals surface area contributed by atoms with Crippen molar-refractivity contribution in [2.45, 2.75) is 32.9 Å². The van der Waals surface area contributed by atoms with Gasteiger partial charge < -0.3 is 21.3 Å². The van der Waals surface area contributed by atoms with Gasteiger partial charge in [-0.05, 0) is 44.0 Å². The molecule has 1 aromatic carbocycles. The van der Waals surface area contributed by atoms with Crippen LogP contribution < -0.4 is 21.3 Å². The lowest BCUT2D eigenvalue weighted by Crippen LogP contribution is -2.40. The standard InChI is InChI=1S/C22H28F2N6O.HI/c1-2-26-22(29-14-17-12-18(23)5-6-19(17)24)28-13-16-4-3-9-27-21(16)30-10-7-15(8-11-30)20(25)31;/h3-6,9,12,15H,2,7-8,10-11,13-14H2,1H3,(H2,25,31)(H2,26,28,29);1H. The number of benzene rings is 1. The highest BCUT2D eigenvalue weighted by molar-refractivity contribution is 14.0. The van der Waals surface area contributed by atoms with E-state index >= 15 is 0 Å². The maximum absolute atomic E-state index is 13.9. The zero-order chi connectivity index (χ0) is 22.2. The van der Waals surface area contributed by atoms with Crippen molar-refractivity contribution in [3.63, 3.8) is 0 Å². The lowest BCUT2D eigenvalue weighted by atomic mass is 9.96. The molecule has 2 aromatic rings. The van der Waals surface area contributed by atoms with E-state index < -0.39 is 11.6 Å². The monoisotopic (exact) mass is 558 g/mol. The first-order chi connectivity index (χ1) is 15.0. The molecule has 32 heavy (non-hydrogen) atoms. The second-order valence-corrected chi connectivity index (χ2v) is 7.43. The van der Waals surface area contributed by atoms with Gasteiger partial charge in [-0.25, -0.2) is 18.8 Å². The number of primary amides is 1. The number of halogens is 3. The Morgan fingerprint density at radius 1 is 1.22 bits per heavy atom. The van der Waals surface area contributed by atoms with Crippen molar-refractivity contribution in [3.05, 3.63) is 59.3 Å². The van der Waals surface area contributed by atoms with E-state index in [-0.39, 0.29) is 47.9 Å². The van der Waals surface area contributed by atoms with Gasteiger partial charge in [0.15, 0.2) is 5.96 Å². The molecule has 0 saturated carbocycles. The molecule has 174 valence electrons. The zero-order valence-corrected chi connectivity index (χ0v) is 20.3. The Balaban J connectivity index is 0.00000363.